The summed E-state index contributed by atoms with van der Waals surface area (Å²) in [6.07, 6.45) is -4.02. The van der Waals surface area contributed by atoms with Crippen LogP contribution in [0.2, 0.25) is 0 Å². The molecular weight excluding hydrogens is 329 g/mol. The van der Waals surface area contributed by atoms with E-state index in [2.05, 4.69) is 10.6 Å². The lowest BCUT2D eigenvalue weighted by atomic mass is 10.1. The van der Waals surface area contributed by atoms with E-state index in [0.29, 0.717) is 19.0 Å². The maximum absolute atomic E-state index is 12.6. The molecule has 0 heterocycles. The quantitative estimate of drug-likeness (QED) is 0.493. The summed E-state index contributed by atoms with van der Waals surface area (Å²) in [6, 6.07) is 2.15. The van der Waals surface area contributed by atoms with Crippen LogP contribution in [0, 0.1) is 10.1 Å². The second-order valence-electron chi connectivity index (χ2n) is 5.28. The van der Waals surface area contributed by atoms with Gasteiger partial charge in [0, 0.05) is 31.6 Å². The van der Waals surface area contributed by atoms with Gasteiger partial charge in [-0.05, 0) is 25.5 Å². The highest BCUT2D eigenvalue weighted by molar-refractivity contribution is 5.76. The molecule has 0 aromatic heterocycles. The third kappa shape index (κ3) is 6.41. The standard InChI is InChI=1S/C14H19F3N4O3/c1-9(18)4-6-20-13(22)5-7-19-11-3-2-10(14(15,16)17)8-12(11)21(23)24/h2-3,8-9,19H,4-7,18H2,1H3,(H,20,22). The molecule has 1 aromatic rings. The van der Waals surface area contributed by atoms with Gasteiger partial charge in [-0.1, -0.05) is 0 Å². The summed E-state index contributed by atoms with van der Waals surface area (Å²) in [6.45, 7) is 2.27. The first-order valence-electron chi connectivity index (χ1n) is 7.23. The van der Waals surface area contributed by atoms with E-state index in [1.165, 1.54) is 0 Å². The fraction of sp³-hybridized carbons (Fsp3) is 0.500. The molecule has 24 heavy (non-hydrogen) atoms. The number of hydrogen-bond donors (Lipinski definition) is 3. The first-order chi connectivity index (χ1) is 11.1. The SMILES string of the molecule is CC(N)CCNC(=O)CCNc1ccc(C(F)(F)F)cc1[N+](=O)[O-]. The van der Waals surface area contributed by atoms with Gasteiger partial charge in [0.2, 0.25) is 5.91 Å². The zero-order chi connectivity index (χ0) is 18.3. The second-order valence-corrected chi connectivity index (χ2v) is 5.28. The Balaban J connectivity index is 2.62. The normalized spacial score (nSPS) is 12.5. The molecule has 0 bridgehead atoms. The van der Waals surface area contributed by atoms with Gasteiger partial charge in [0.1, 0.15) is 5.69 Å². The Labute approximate surface area is 136 Å². The summed E-state index contributed by atoms with van der Waals surface area (Å²) in [4.78, 5) is 21.6. The smallest absolute Gasteiger partial charge is 0.379 e. The van der Waals surface area contributed by atoms with Gasteiger partial charge in [-0.2, -0.15) is 13.2 Å². The highest BCUT2D eigenvalue weighted by Gasteiger charge is 2.32. The predicted octanol–water partition coefficient (Wildman–Crippen LogP) is 2.27. The van der Waals surface area contributed by atoms with E-state index in [9.17, 15) is 28.1 Å². The van der Waals surface area contributed by atoms with Gasteiger partial charge in [0.05, 0.1) is 10.5 Å². The molecule has 7 nitrogen and oxygen atoms in total. The largest absolute Gasteiger partial charge is 0.416 e. The van der Waals surface area contributed by atoms with Crippen LogP contribution in [0.3, 0.4) is 0 Å². The molecule has 1 unspecified atom stereocenters. The second kappa shape index (κ2) is 8.48. The van der Waals surface area contributed by atoms with E-state index in [1.54, 1.807) is 6.92 Å². The van der Waals surface area contributed by atoms with Crippen LogP contribution < -0.4 is 16.4 Å². The zero-order valence-electron chi connectivity index (χ0n) is 13.0. The lowest BCUT2D eigenvalue weighted by Gasteiger charge is -2.11. The van der Waals surface area contributed by atoms with Crippen molar-refractivity contribution in [3.63, 3.8) is 0 Å². The van der Waals surface area contributed by atoms with E-state index in [-0.39, 0.29) is 30.6 Å². The van der Waals surface area contributed by atoms with Crippen molar-refractivity contribution in [3.05, 3.63) is 33.9 Å². The van der Waals surface area contributed by atoms with Crippen LogP contribution in [-0.4, -0.2) is 30.0 Å². The molecule has 0 saturated heterocycles. The molecule has 0 aliphatic heterocycles. The van der Waals surface area contributed by atoms with E-state index >= 15 is 0 Å². The number of hydrogen-bond acceptors (Lipinski definition) is 5. The van der Waals surface area contributed by atoms with Crippen LogP contribution in [0.1, 0.15) is 25.3 Å². The molecule has 0 aliphatic rings. The number of alkyl halides is 3. The van der Waals surface area contributed by atoms with Crippen LogP contribution in [0.15, 0.2) is 18.2 Å². The highest BCUT2D eigenvalue weighted by atomic mass is 19.4. The van der Waals surface area contributed by atoms with Crippen LogP contribution in [0.5, 0.6) is 0 Å². The van der Waals surface area contributed by atoms with Crippen molar-refractivity contribution in [3.8, 4) is 0 Å². The number of benzene rings is 1. The number of nitrogens with zero attached hydrogens (tertiary/aromatic N) is 1. The average molecular weight is 348 g/mol. The van der Waals surface area contributed by atoms with Gasteiger partial charge in [-0.15, -0.1) is 0 Å². The molecule has 1 rings (SSSR count). The van der Waals surface area contributed by atoms with Crippen molar-refractivity contribution >= 4 is 17.3 Å². The number of rotatable bonds is 8. The van der Waals surface area contributed by atoms with Crippen molar-refractivity contribution in [2.45, 2.75) is 32.0 Å². The van der Waals surface area contributed by atoms with Crippen molar-refractivity contribution in [1.82, 2.24) is 5.32 Å². The van der Waals surface area contributed by atoms with E-state index < -0.39 is 22.4 Å². The average Bonchev–Trinajstić information content (AvgIpc) is 2.45. The maximum Gasteiger partial charge on any atom is 0.416 e. The number of nitrogens with one attached hydrogen (secondary N) is 2. The summed E-state index contributed by atoms with van der Waals surface area (Å²) in [7, 11) is 0. The van der Waals surface area contributed by atoms with Gasteiger partial charge in [0.25, 0.3) is 5.69 Å². The third-order valence-electron chi connectivity index (χ3n) is 3.11. The number of nitro groups is 1. The number of anilines is 1. The van der Waals surface area contributed by atoms with Crippen molar-refractivity contribution in [2.24, 2.45) is 5.73 Å². The van der Waals surface area contributed by atoms with E-state index in [4.69, 9.17) is 5.73 Å². The monoisotopic (exact) mass is 348 g/mol. The molecular formula is C14H19F3N4O3. The molecule has 1 atom stereocenters. The molecule has 0 spiro atoms. The van der Waals surface area contributed by atoms with Gasteiger partial charge in [0.15, 0.2) is 0 Å². The summed E-state index contributed by atoms with van der Waals surface area (Å²) in [5, 5.41) is 16.1. The van der Waals surface area contributed by atoms with Crippen molar-refractivity contribution < 1.29 is 22.9 Å². The van der Waals surface area contributed by atoms with Gasteiger partial charge in [-0.25, -0.2) is 0 Å². The minimum Gasteiger partial charge on any atom is -0.379 e. The predicted molar refractivity (Wildman–Crippen MR) is 82.5 cm³/mol. The molecule has 0 radical (unpaired) electrons. The lowest BCUT2D eigenvalue weighted by molar-refractivity contribution is -0.384. The Morgan fingerprint density at radius 1 is 1.38 bits per heavy atom. The number of carbonyl (C=O) groups excluding carboxylic acids is 1. The Morgan fingerprint density at radius 2 is 2.04 bits per heavy atom. The Morgan fingerprint density at radius 3 is 2.58 bits per heavy atom. The molecule has 4 N–H and O–H groups in total. The molecule has 0 saturated carbocycles. The Hall–Kier alpha value is -2.36. The molecule has 0 aliphatic carbocycles. The summed E-state index contributed by atoms with van der Waals surface area (Å²) < 4.78 is 37.8. The number of nitro benzene ring substituents is 1. The number of amides is 1. The van der Waals surface area contributed by atoms with Gasteiger partial charge >= 0.3 is 6.18 Å². The fourth-order valence-electron chi connectivity index (χ4n) is 1.85. The summed E-state index contributed by atoms with van der Waals surface area (Å²) in [5.41, 5.74) is 3.67. The zero-order valence-corrected chi connectivity index (χ0v) is 13.0. The first kappa shape index (κ1) is 19.7. The van der Waals surface area contributed by atoms with Gasteiger partial charge in [-0.3, -0.25) is 14.9 Å². The topological polar surface area (TPSA) is 110 Å². The molecule has 1 amide bonds. The van der Waals surface area contributed by atoms with E-state index in [1.807, 2.05) is 0 Å². The number of halogens is 3. The summed E-state index contributed by atoms with van der Waals surface area (Å²) in [5.74, 6) is -0.280. The maximum atomic E-state index is 12.6. The van der Waals surface area contributed by atoms with Gasteiger partial charge < -0.3 is 16.4 Å². The highest BCUT2D eigenvalue weighted by Crippen LogP contribution is 2.34. The lowest BCUT2D eigenvalue weighted by Crippen LogP contribution is -2.30. The number of nitrogens with two attached hydrogens (primary N) is 1. The fourth-order valence-corrected chi connectivity index (χ4v) is 1.85. The summed E-state index contributed by atoms with van der Waals surface area (Å²) >= 11 is 0. The number of carbonyl (C=O) groups is 1. The molecule has 1 aromatic carbocycles. The van der Waals surface area contributed by atoms with Crippen LogP contribution in [0.4, 0.5) is 24.5 Å². The van der Waals surface area contributed by atoms with Crippen molar-refractivity contribution in [2.75, 3.05) is 18.4 Å². The van der Waals surface area contributed by atoms with Crippen molar-refractivity contribution in [1.29, 1.82) is 0 Å². The Kier molecular flexibility index (Phi) is 6.96. The van der Waals surface area contributed by atoms with Crippen LogP contribution in [0.25, 0.3) is 0 Å². The molecule has 10 heteroatoms. The Bertz CT molecular complexity index is 591. The van der Waals surface area contributed by atoms with E-state index in [0.717, 1.165) is 12.1 Å². The molecule has 134 valence electrons. The third-order valence-corrected chi connectivity index (χ3v) is 3.11. The first-order valence-corrected chi connectivity index (χ1v) is 7.23. The van der Waals surface area contributed by atoms with Crippen LogP contribution >= 0.6 is 0 Å². The molecule has 0 fully saturated rings. The van der Waals surface area contributed by atoms with Crippen LogP contribution in [-0.2, 0) is 11.0 Å². The minimum atomic E-state index is -4.66. The minimum absolute atomic E-state index is 0.0249.